The number of hydrogen-bond donors (Lipinski definition) is 0. The standard InChI is InChI=1S/C21H19ClN4OS/c1-13-6-9-15(10-19(13)27-11-14-7-8-14)18-12-28-21-24-23-20(26(21)25-18)16-4-2-3-5-17(16)22/h2-6,9-10,14H,7-8,11-12H2,1H3. The Morgan fingerprint density at radius 2 is 2.04 bits per heavy atom. The highest BCUT2D eigenvalue weighted by molar-refractivity contribution is 7.99. The first-order chi connectivity index (χ1) is 13.7. The molecule has 5 nitrogen and oxygen atoms in total. The summed E-state index contributed by atoms with van der Waals surface area (Å²) in [5.74, 6) is 3.06. The fraction of sp³-hybridized carbons (Fsp3) is 0.286. The van der Waals surface area contributed by atoms with Gasteiger partial charge in [0.2, 0.25) is 5.16 Å². The Hall–Kier alpha value is -2.31. The maximum Gasteiger partial charge on any atom is 0.212 e. The summed E-state index contributed by atoms with van der Waals surface area (Å²) in [7, 11) is 0. The molecule has 0 spiro atoms. The molecule has 3 aromatic rings. The molecule has 1 aliphatic carbocycles. The third kappa shape index (κ3) is 3.42. The summed E-state index contributed by atoms with van der Waals surface area (Å²) in [4.78, 5) is 0. The number of aromatic nitrogens is 3. The Kier molecular flexibility index (Phi) is 4.61. The molecule has 0 amide bonds. The van der Waals surface area contributed by atoms with Crippen molar-refractivity contribution in [1.29, 1.82) is 0 Å². The van der Waals surface area contributed by atoms with Gasteiger partial charge in [-0.15, -0.1) is 10.2 Å². The lowest BCUT2D eigenvalue weighted by Crippen LogP contribution is -2.14. The van der Waals surface area contributed by atoms with Gasteiger partial charge in [0.1, 0.15) is 5.75 Å². The van der Waals surface area contributed by atoms with Crippen LogP contribution in [0.5, 0.6) is 5.75 Å². The van der Waals surface area contributed by atoms with Crippen molar-refractivity contribution in [3.8, 4) is 17.1 Å². The number of thioether (sulfide) groups is 1. The molecule has 0 radical (unpaired) electrons. The highest BCUT2D eigenvalue weighted by atomic mass is 35.5. The van der Waals surface area contributed by atoms with Crippen LogP contribution in [0.1, 0.15) is 24.0 Å². The first kappa shape index (κ1) is 17.8. The largest absolute Gasteiger partial charge is 0.493 e. The molecule has 1 aromatic heterocycles. The third-order valence-electron chi connectivity index (χ3n) is 4.98. The number of halogens is 1. The quantitative estimate of drug-likeness (QED) is 0.590. The van der Waals surface area contributed by atoms with Crippen LogP contribution in [0.15, 0.2) is 52.7 Å². The second kappa shape index (κ2) is 7.26. The van der Waals surface area contributed by atoms with E-state index in [2.05, 4.69) is 35.3 Å². The molecule has 0 bridgehead atoms. The number of ether oxygens (including phenoxy) is 1. The second-order valence-electron chi connectivity index (χ2n) is 7.17. The van der Waals surface area contributed by atoms with Crippen molar-refractivity contribution in [3.63, 3.8) is 0 Å². The number of rotatable bonds is 5. The molecule has 5 rings (SSSR count). The summed E-state index contributed by atoms with van der Waals surface area (Å²) in [6.07, 6.45) is 2.56. The van der Waals surface area contributed by atoms with E-state index in [0.717, 1.165) is 51.6 Å². The van der Waals surface area contributed by atoms with E-state index in [0.29, 0.717) is 10.8 Å². The van der Waals surface area contributed by atoms with Gasteiger partial charge in [-0.05, 0) is 49.4 Å². The van der Waals surface area contributed by atoms with Gasteiger partial charge >= 0.3 is 0 Å². The Balaban J connectivity index is 1.50. The van der Waals surface area contributed by atoms with Gasteiger partial charge in [0.05, 0.1) is 17.3 Å². The molecular formula is C21H19ClN4OS. The normalized spacial score (nSPS) is 15.9. The lowest BCUT2D eigenvalue weighted by atomic mass is 10.1. The minimum Gasteiger partial charge on any atom is -0.493 e. The minimum absolute atomic E-state index is 0.635. The molecule has 0 saturated heterocycles. The lowest BCUT2D eigenvalue weighted by Gasteiger charge is -2.16. The van der Waals surface area contributed by atoms with Crippen LogP contribution >= 0.6 is 23.4 Å². The van der Waals surface area contributed by atoms with Crippen LogP contribution in [0.3, 0.4) is 0 Å². The Morgan fingerprint density at radius 3 is 2.86 bits per heavy atom. The maximum atomic E-state index is 6.36. The van der Waals surface area contributed by atoms with E-state index in [9.17, 15) is 0 Å². The predicted octanol–water partition coefficient (Wildman–Crippen LogP) is 5.05. The summed E-state index contributed by atoms with van der Waals surface area (Å²) in [5, 5.41) is 14.8. The van der Waals surface area contributed by atoms with Crippen LogP contribution in [-0.2, 0) is 0 Å². The first-order valence-corrected chi connectivity index (χ1v) is 10.7. The van der Waals surface area contributed by atoms with E-state index in [1.54, 1.807) is 16.4 Å². The average molecular weight is 411 g/mol. The number of benzene rings is 2. The van der Waals surface area contributed by atoms with Gasteiger partial charge in [0.25, 0.3) is 0 Å². The van der Waals surface area contributed by atoms with E-state index >= 15 is 0 Å². The van der Waals surface area contributed by atoms with Gasteiger partial charge in [-0.25, -0.2) is 0 Å². The van der Waals surface area contributed by atoms with E-state index in [4.69, 9.17) is 21.4 Å². The topological polar surface area (TPSA) is 52.3 Å². The van der Waals surface area contributed by atoms with Gasteiger partial charge < -0.3 is 4.74 Å². The fourth-order valence-corrected chi connectivity index (χ4v) is 4.17. The zero-order chi connectivity index (χ0) is 19.1. The molecule has 142 valence electrons. The van der Waals surface area contributed by atoms with Gasteiger partial charge in [-0.2, -0.15) is 9.78 Å². The maximum absolute atomic E-state index is 6.36. The molecule has 2 aliphatic rings. The second-order valence-corrected chi connectivity index (χ2v) is 8.52. The highest BCUT2D eigenvalue weighted by Gasteiger charge is 2.24. The molecule has 0 atom stereocenters. The number of aryl methyl sites for hydroxylation is 1. The van der Waals surface area contributed by atoms with Crippen molar-refractivity contribution >= 4 is 29.1 Å². The summed E-state index contributed by atoms with van der Waals surface area (Å²) in [6, 6.07) is 13.9. The summed E-state index contributed by atoms with van der Waals surface area (Å²) in [6.45, 7) is 2.88. The van der Waals surface area contributed by atoms with E-state index in [-0.39, 0.29) is 0 Å². The number of nitrogens with zero attached hydrogens (tertiary/aromatic N) is 4. The van der Waals surface area contributed by atoms with Crippen LogP contribution in [-0.4, -0.2) is 32.9 Å². The first-order valence-electron chi connectivity index (χ1n) is 9.34. The van der Waals surface area contributed by atoms with Gasteiger partial charge in [0.15, 0.2) is 5.82 Å². The van der Waals surface area contributed by atoms with Crippen molar-refractivity contribution < 1.29 is 4.74 Å². The van der Waals surface area contributed by atoms with Crippen LogP contribution < -0.4 is 4.74 Å². The van der Waals surface area contributed by atoms with Crippen molar-refractivity contribution in [3.05, 3.63) is 58.6 Å². The van der Waals surface area contributed by atoms with E-state index in [1.807, 2.05) is 24.3 Å². The van der Waals surface area contributed by atoms with Crippen LogP contribution in [0, 0.1) is 12.8 Å². The Bertz CT molecular complexity index is 1070. The van der Waals surface area contributed by atoms with Crippen molar-refractivity contribution in [2.75, 3.05) is 12.4 Å². The van der Waals surface area contributed by atoms with Crippen molar-refractivity contribution in [2.24, 2.45) is 11.0 Å². The summed E-state index contributed by atoms with van der Waals surface area (Å²) >= 11 is 7.99. The molecule has 2 heterocycles. The molecule has 1 aliphatic heterocycles. The fourth-order valence-electron chi connectivity index (χ4n) is 3.11. The Labute approximate surface area is 172 Å². The molecule has 7 heteroatoms. The third-order valence-corrected chi connectivity index (χ3v) is 6.24. The monoisotopic (exact) mass is 410 g/mol. The van der Waals surface area contributed by atoms with Crippen molar-refractivity contribution in [1.82, 2.24) is 14.9 Å². The molecule has 0 N–H and O–H groups in total. The Morgan fingerprint density at radius 1 is 1.18 bits per heavy atom. The van der Waals surface area contributed by atoms with Crippen molar-refractivity contribution in [2.45, 2.75) is 24.9 Å². The summed E-state index contributed by atoms with van der Waals surface area (Å²) < 4.78 is 7.83. The van der Waals surface area contributed by atoms with Crippen LogP contribution in [0.4, 0.5) is 0 Å². The average Bonchev–Trinajstić information content (AvgIpc) is 3.45. The van der Waals surface area contributed by atoms with E-state index < -0.39 is 0 Å². The molecule has 1 fully saturated rings. The van der Waals surface area contributed by atoms with Gasteiger partial charge in [-0.3, -0.25) is 0 Å². The minimum atomic E-state index is 0.635. The van der Waals surface area contributed by atoms with Gasteiger partial charge in [-0.1, -0.05) is 47.6 Å². The molecule has 0 unspecified atom stereocenters. The molecule has 1 saturated carbocycles. The summed E-state index contributed by atoms with van der Waals surface area (Å²) in [5.41, 5.74) is 4.01. The number of fused-ring (bicyclic) bond motifs is 1. The zero-order valence-corrected chi connectivity index (χ0v) is 17.0. The predicted molar refractivity (Wildman–Crippen MR) is 113 cm³/mol. The van der Waals surface area contributed by atoms with Crippen LogP contribution in [0.2, 0.25) is 5.02 Å². The SMILES string of the molecule is Cc1ccc(C2=Nn3c(nnc3-c3ccccc3Cl)SC2)cc1OCC1CC1. The van der Waals surface area contributed by atoms with Crippen LogP contribution in [0.25, 0.3) is 11.4 Å². The lowest BCUT2D eigenvalue weighted by molar-refractivity contribution is 0.298. The molecular weight excluding hydrogens is 392 g/mol. The van der Waals surface area contributed by atoms with Gasteiger partial charge in [0, 0.05) is 16.9 Å². The smallest absolute Gasteiger partial charge is 0.212 e. The molecule has 2 aromatic carbocycles. The number of hydrogen-bond acceptors (Lipinski definition) is 5. The highest BCUT2D eigenvalue weighted by Crippen LogP contribution is 2.33. The van der Waals surface area contributed by atoms with E-state index in [1.165, 1.54) is 12.8 Å². The molecule has 28 heavy (non-hydrogen) atoms. The zero-order valence-electron chi connectivity index (χ0n) is 15.4.